The Bertz CT molecular complexity index is 4220. The van der Waals surface area contributed by atoms with Gasteiger partial charge in [-0.25, -0.2) is 9.98 Å². The molecule has 14 rings (SSSR count). The van der Waals surface area contributed by atoms with E-state index in [4.69, 9.17) is 14.4 Å². The molecule has 67 heavy (non-hydrogen) atoms. The van der Waals surface area contributed by atoms with Gasteiger partial charge in [0.05, 0.1) is 28.1 Å². The number of benzene rings is 10. The van der Waals surface area contributed by atoms with Crippen LogP contribution in [0.25, 0.3) is 108 Å². The molecule has 0 unspecified atom stereocenters. The quantitative estimate of drug-likeness (QED) is 0.170. The second kappa shape index (κ2) is 14.8. The lowest BCUT2D eigenvalue weighted by Gasteiger charge is -2.17. The Morgan fingerprint density at radius 3 is 1.84 bits per heavy atom. The predicted octanol–water partition coefficient (Wildman–Crippen LogP) is 17.1. The number of hydrogen-bond acceptors (Lipinski definition) is 4. The van der Waals surface area contributed by atoms with Gasteiger partial charge in [0.1, 0.15) is 5.58 Å². The van der Waals surface area contributed by atoms with Crippen LogP contribution in [-0.4, -0.2) is 16.1 Å². The first-order valence-electron chi connectivity index (χ1n) is 22.8. The summed E-state index contributed by atoms with van der Waals surface area (Å²) in [6.45, 7) is 2.22. The van der Waals surface area contributed by atoms with Gasteiger partial charge in [-0.3, -0.25) is 0 Å². The normalized spacial score (nSPS) is 13.5. The van der Waals surface area contributed by atoms with Crippen molar-refractivity contribution >= 4 is 114 Å². The highest BCUT2D eigenvalue weighted by Crippen LogP contribution is 2.44. The number of amidine groups is 1. The number of nitrogens with zero attached hydrogens (tertiary/aromatic N) is 3. The van der Waals surface area contributed by atoms with Crippen LogP contribution in [0, 0.1) is 0 Å². The van der Waals surface area contributed by atoms with E-state index in [1.165, 1.54) is 58.1 Å². The average molecular weight is 874 g/mol. The van der Waals surface area contributed by atoms with Gasteiger partial charge in [0.25, 0.3) is 0 Å². The third-order valence-electron chi connectivity index (χ3n) is 13.7. The van der Waals surface area contributed by atoms with E-state index in [0.29, 0.717) is 12.3 Å². The van der Waals surface area contributed by atoms with Crippen LogP contribution in [0.15, 0.2) is 226 Å². The van der Waals surface area contributed by atoms with Crippen LogP contribution in [0.5, 0.6) is 0 Å². The van der Waals surface area contributed by atoms with Crippen LogP contribution in [0.4, 0.5) is 0 Å². The second-order valence-electron chi connectivity index (χ2n) is 17.8. The number of thiophene rings is 1. The van der Waals surface area contributed by atoms with Gasteiger partial charge >= 0.3 is 0 Å². The van der Waals surface area contributed by atoms with Crippen LogP contribution in [0.1, 0.15) is 30.0 Å². The minimum absolute atomic E-state index is 0.573. The summed E-state index contributed by atoms with van der Waals surface area (Å²) in [5, 5.41) is 11.8. The third kappa shape index (κ3) is 6.05. The average Bonchev–Trinajstić information content (AvgIpc) is 4.00. The van der Waals surface area contributed by atoms with Gasteiger partial charge in [-0.05, 0) is 112 Å². The molecule has 0 atom stereocenters. The van der Waals surface area contributed by atoms with Gasteiger partial charge in [0.2, 0.25) is 0 Å². The highest BCUT2D eigenvalue weighted by Gasteiger charge is 2.27. The summed E-state index contributed by atoms with van der Waals surface area (Å²) in [6, 6.07) is 74.4. The van der Waals surface area contributed by atoms with Crippen LogP contribution in [0.3, 0.4) is 0 Å². The maximum Gasteiger partial charge on any atom is 0.160 e. The molecule has 0 N–H and O–H groups in total. The van der Waals surface area contributed by atoms with Crippen molar-refractivity contribution in [2.24, 2.45) is 9.98 Å². The zero-order valence-corrected chi connectivity index (χ0v) is 37.3. The summed E-state index contributed by atoms with van der Waals surface area (Å²) in [7, 11) is 0. The number of hydrogen-bond donors (Lipinski definition) is 0. The highest BCUT2D eigenvalue weighted by atomic mass is 32.1. The number of allylic oxidation sites excluding steroid dienone is 1. The Morgan fingerprint density at radius 2 is 1.07 bits per heavy atom. The molecule has 0 bridgehead atoms. The molecule has 0 radical (unpaired) electrons. The summed E-state index contributed by atoms with van der Waals surface area (Å²) < 4.78 is 12.1. The Labute approximate surface area is 389 Å². The fraction of sp³-hybridized carbons (Fsp3) is 0.0323. The molecule has 0 aliphatic carbocycles. The monoisotopic (exact) mass is 873 g/mol. The molecule has 13 aromatic rings. The van der Waals surface area contributed by atoms with Crippen molar-refractivity contribution in [1.29, 1.82) is 0 Å². The number of furan rings is 1. The molecule has 3 aromatic heterocycles. The smallest absolute Gasteiger partial charge is 0.160 e. The molecule has 314 valence electrons. The van der Waals surface area contributed by atoms with E-state index >= 15 is 0 Å². The molecule has 5 heteroatoms. The summed E-state index contributed by atoms with van der Waals surface area (Å²) in [5.74, 6) is 0.680. The molecule has 4 heterocycles. The molecule has 0 spiro atoms. The van der Waals surface area contributed by atoms with Gasteiger partial charge < -0.3 is 8.98 Å². The SMILES string of the molecule is CC1=C(c2cccc(-c3ccccc3)c2)N=C(c2ccc3sc4ccccc4c3c2)N=C(c2ccc3c(oc4ccccc43)c2-n2c3cc4ccccc4cc3c3cc4ccccc4cc32)C1. The lowest BCUT2D eigenvalue weighted by molar-refractivity contribution is 0.666. The maximum absolute atomic E-state index is 7.09. The molecule has 1 aliphatic rings. The first-order valence-corrected chi connectivity index (χ1v) is 23.7. The lowest BCUT2D eigenvalue weighted by Crippen LogP contribution is -2.11. The van der Waals surface area contributed by atoms with E-state index in [2.05, 4.69) is 218 Å². The zero-order valence-electron chi connectivity index (χ0n) is 36.5. The van der Waals surface area contributed by atoms with Crippen LogP contribution in [0.2, 0.25) is 0 Å². The van der Waals surface area contributed by atoms with E-state index in [-0.39, 0.29) is 0 Å². The Hall–Kier alpha value is -8.38. The number of para-hydroxylation sites is 1. The Balaban J connectivity index is 1.08. The number of fused-ring (bicyclic) bond motifs is 11. The molecule has 10 aromatic carbocycles. The number of aromatic nitrogens is 1. The minimum Gasteiger partial charge on any atom is -0.454 e. The van der Waals surface area contributed by atoms with E-state index in [1.54, 1.807) is 0 Å². The van der Waals surface area contributed by atoms with E-state index in [9.17, 15) is 0 Å². The van der Waals surface area contributed by atoms with Crippen molar-refractivity contribution in [3.8, 4) is 16.8 Å². The van der Waals surface area contributed by atoms with Gasteiger partial charge in [-0.15, -0.1) is 11.3 Å². The lowest BCUT2D eigenvalue weighted by atomic mass is 9.95. The van der Waals surface area contributed by atoms with Crippen molar-refractivity contribution in [2.75, 3.05) is 0 Å². The van der Waals surface area contributed by atoms with Crippen molar-refractivity contribution in [2.45, 2.75) is 13.3 Å². The zero-order chi connectivity index (χ0) is 44.2. The molecule has 1 aliphatic heterocycles. The van der Waals surface area contributed by atoms with Crippen LogP contribution in [-0.2, 0) is 0 Å². The first-order chi connectivity index (χ1) is 33.1. The molecule has 0 fully saturated rings. The summed E-state index contributed by atoms with van der Waals surface area (Å²) in [6.07, 6.45) is 0.573. The van der Waals surface area contributed by atoms with Gasteiger partial charge in [0.15, 0.2) is 11.4 Å². The topological polar surface area (TPSA) is 42.8 Å². The number of aliphatic imine (C=N–C) groups is 2. The molecule has 0 saturated heterocycles. The third-order valence-corrected chi connectivity index (χ3v) is 14.9. The van der Waals surface area contributed by atoms with Gasteiger partial charge in [-0.2, -0.15) is 0 Å². The summed E-state index contributed by atoms with van der Waals surface area (Å²) in [5.41, 5.74) is 13.2. The van der Waals surface area contributed by atoms with Crippen molar-refractivity contribution in [3.63, 3.8) is 0 Å². The van der Waals surface area contributed by atoms with Crippen LogP contribution >= 0.6 is 11.3 Å². The molecule has 0 saturated carbocycles. The first kappa shape index (κ1) is 37.9. The second-order valence-corrected chi connectivity index (χ2v) is 18.8. The van der Waals surface area contributed by atoms with Crippen molar-refractivity contribution in [3.05, 3.63) is 229 Å². The predicted molar refractivity (Wildman–Crippen MR) is 285 cm³/mol. The van der Waals surface area contributed by atoms with Gasteiger partial charge in [0, 0.05) is 64.8 Å². The molecule has 0 amide bonds. The van der Waals surface area contributed by atoms with Crippen molar-refractivity contribution < 1.29 is 4.42 Å². The Morgan fingerprint density at radius 1 is 0.448 bits per heavy atom. The van der Waals surface area contributed by atoms with Gasteiger partial charge in [-0.1, -0.05) is 140 Å². The summed E-state index contributed by atoms with van der Waals surface area (Å²) >= 11 is 1.82. The number of rotatable bonds is 5. The highest BCUT2D eigenvalue weighted by molar-refractivity contribution is 7.25. The molecule has 4 nitrogen and oxygen atoms in total. The van der Waals surface area contributed by atoms with Crippen molar-refractivity contribution in [1.82, 2.24) is 4.57 Å². The standard InChI is InChI=1S/C62H39N3OS/c1-37-30-53(63-62(45-26-29-58-52(34-45)47-23-10-12-25-57(47)67-58)64-59(37)44-21-13-20-39(31-44)38-14-3-2-4-15-38)49-28-27-48-46-22-9-11-24-56(46)66-61(48)60(49)65-54-35-42-18-7-5-16-40(42)32-50(54)51-33-41-17-6-8-19-43(41)36-55(51)65/h2-29,31-36H,30H2,1H3. The maximum atomic E-state index is 7.09. The fourth-order valence-electron chi connectivity index (χ4n) is 10.5. The fourth-order valence-corrected chi connectivity index (χ4v) is 11.6. The molecular formula is C62H39N3OS. The summed E-state index contributed by atoms with van der Waals surface area (Å²) in [4.78, 5) is 11.4. The van der Waals surface area contributed by atoms with E-state index < -0.39 is 0 Å². The minimum atomic E-state index is 0.573. The Kier molecular flexibility index (Phi) is 8.40. The largest absolute Gasteiger partial charge is 0.454 e. The van der Waals surface area contributed by atoms with E-state index in [0.717, 1.165) is 77.9 Å². The van der Waals surface area contributed by atoms with E-state index in [1.807, 2.05) is 11.3 Å². The molecular weight excluding hydrogens is 835 g/mol. The van der Waals surface area contributed by atoms with Crippen LogP contribution < -0.4 is 0 Å².